The molecule has 1 aromatic carbocycles. The first-order valence-corrected chi connectivity index (χ1v) is 4.59. The number of hydrogen-bond acceptors (Lipinski definition) is 6. The number of aromatic nitrogens is 5. The minimum Gasteiger partial charge on any atom is -0.244 e. The molecule has 0 atom stereocenters. The van der Waals surface area contributed by atoms with Crippen LogP contribution in [0, 0.1) is 0 Å². The average molecular weight is 211 g/mol. The first-order valence-electron chi connectivity index (χ1n) is 4.59. The number of benzene rings is 1. The van der Waals surface area contributed by atoms with Gasteiger partial charge in [0.1, 0.15) is 0 Å². The Morgan fingerprint density at radius 2 is 2.06 bits per heavy atom. The third-order valence-electron chi connectivity index (χ3n) is 2.26. The molecule has 16 heavy (non-hydrogen) atoms. The zero-order chi connectivity index (χ0) is 11.0. The van der Waals surface area contributed by atoms with E-state index in [4.69, 9.17) is 0 Å². The molecule has 0 fully saturated rings. The zero-order valence-corrected chi connectivity index (χ0v) is 8.03. The highest BCUT2D eigenvalue weighted by atomic mass is 16.1. The van der Waals surface area contributed by atoms with Gasteiger partial charge < -0.3 is 0 Å². The maximum absolute atomic E-state index is 11.1. The maximum atomic E-state index is 11.1. The van der Waals surface area contributed by atoms with Crippen molar-refractivity contribution < 1.29 is 0 Å². The lowest BCUT2D eigenvalue weighted by Crippen LogP contribution is -2.08. The molecule has 0 spiro atoms. The molecule has 76 valence electrons. The molecule has 0 saturated carbocycles. The lowest BCUT2D eigenvalue weighted by atomic mass is 10.1. The van der Waals surface area contributed by atoms with Crippen molar-refractivity contribution in [1.82, 2.24) is 25.4 Å². The van der Waals surface area contributed by atoms with Crippen LogP contribution in [-0.2, 0) is 0 Å². The summed E-state index contributed by atoms with van der Waals surface area (Å²) in [6.45, 7) is 0. The quantitative estimate of drug-likeness (QED) is 0.533. The van der Waals surface area contributed by atoms with Crippen LogP contribution in [0.25, 0.3) is 21.8 Å². The standard InChI is InChI=1S/C10H5N5O/c16-10-11-5-6-1-2-8-7(9(6)13-10)3-4-12-15-14-8/h1-5H. The van der Waals surface area contributed by atoms with Gasteiger partial charge in [-0.2, -0.15) is 9.97 Å². The summed E-state index contributed by atoms with van der Waals surface area (Å²) in [7, 11) is 0. The predicted octanol–water partition coefficient (Wildman–Crippen LogP) is 0.328. The van der Waals surface area contributed by atoms with Crippen molar-refractivity contribution in [3.8, 4) is 0 Å². The van der Waals surface area contributed by atoms with Crippen LogP contribution in [0.15, 0.2) is 35.4 Å². The van der Waals surface area contributed by atoms with Crippen LogP contribution in [-0.4, -0.2) is 25.4 Å². The van der Waals surface area contributed by atoms with Crippen molar-refractivity contribution in [1.29, 1.82) is 0 Å². The molecule has 3 aromatic rings. The summed E-state index contributed by atoms with van der Waals surface area (Å²) >= 11 is 0. The van der Waals surface area contributed by atoms with Crippen molar-refractivity contribution in [2.24, 2.45) is 0 Å². The second-order valence-electron chi connectivity index (χ2n) is 3.21. The molecular formula is C10H5N5O. The Labute approximate surface area is 89.0 Å². The minimum atomic E-state index is -0.507. The third-order valence-corrected chi connectivity index (χ3v) is 2.26. The lowest BCUT2D eigenvalue weighted by molar-refractivity contribution is 0.908. The van der Waals surface area contributed by atoms with Gasteiger partial charge in [0.15, 0.2) is 0 Å². The van der Waals surface area contributed by atoms with Crippen molar-refractivity contribution in [3.63, 3.8) is 0 Å². The molecule has 6 nitrogen and oxygen atoms in total. The molecule has 2 aromatic heterocycles. The van der Waals surface area contributed by atoms with Gasteiger partial charge in [-0.3, -0.25) is 0 Å². The molecule has 6 heteroatoms. The second-order valence-corrected chi connectivity index (χ2v) is 3.21. The van der Waals surface area contributed by atoms with Crippen LogP contribution < -0.4 is 5.69 Å². The van der Waals surface area contributed by atoms with Crippen molar-refractivity contribution >= 4 is 21.8 Å². The van der Waals surface area contributed by atoms with Crippen LogP contribution in [0.4, 0.5) is 0 Å². The number of fused-ring (bicyclic) bond motifs is 3. The molecule has 0 saturated heterocycles. The van der Waals surface area contributed by atoms with Gasteiger partial charge in [-0.05, 0) is 23.4 Å². The normalized spacial score (nSPS) is 10.8. The molecule has 0 aliphatic rings. The van der Waals surface area contributed by atoms with E-state index in [1.165, 1.54) is 12.4 Å². The molecule has 0 aliphatic carbocycles. The molecule has 0 radical (unpaired) electrons. The second kappa shape index (κ2) is 3.27. The fourth-order valence-corrected chi connectivity index (χ4v) is 1.56. The fraction of sp³-hybridized carbons (Fsp3) is 0. The monoisotopic (exact) mass is 211 g/mol. The zero-order valence-electron chi connectivity index (χ0n) is 8.03. The van der Waals surface area contributed by atoms with E-state index in [9.17, 15) is 4.79 Å². The van der Waals surface area contributed by atoms with Crippen LogP contribution in [0.3, 0.4) is 0 Å². The van der Waals surface area contributed by atoms with Crippen LogP contribution in [0.5, 0.6) is 0 Å². The van der Waals surface area contributed by atoms with E-state index >= 15 is 0 Å². The van der Waals surface area contributed by atoms with Crippen LogP contribution in [0.1, 0.15) is 0 Å². The van der Waals surface area contributed by atoms with Gasteiger partial charge in [-0.25, -0.2) is 4.79 Å². The number of hydrogen-bond donors (Lipinski definition) is 0. The molecule has 3 rings (SSSR count). The Bertz CT molecular complexity index is 743. The summed E-state index contributed by atoms with van der Waals surface area (Å²) in [5.41, 5.74) is 0.709. The first-order chi connectivity index (χ1) is 7.84. The first kappa shape index (κ1) is 8.78. The minimum absolute atomic E-state index is 0.507. The smallest absolute Gasteiger partial charge is 0.244 e. The Hall–Kier alpha value is -2.50. The van der Waals surface area contributed by atoms with Crippen LogP contribution >= 0.6 is 0 Å². The van der Waals surface area contributed by atoms with E-state index in [-0.39, 0.29) is 0 Å². The highest BCUT2D eigenvalue weighted by molar-refractivity contribution is 6.02. The average Bonchev–Trinajstić information content (AvgIpc) is 2.54. The lowest BCUT2D eigenvalue weighted by Gasteiger charge is -1.96. The van der Waals surface area contributed by atoms with Gasteiger partial charge in [-0.1, -0.05) is 0 Å². The topological polar surface area (TPSA) is 81.5 Å². The molecule has 0 unspecified atom stereocenters. The highest BCUT2D eigenvalue weighted by Gasteiger charge is 2.02. The predicted molar refractivity (Wildman–Crippen MR) is 56.7 cm³/mol. The van der Waals surface area contributed by atoms with Gasteiger partial charge in [0.05, 0.1) is 17.2 Å². The van der Waals surface area contributed by atoms with Gasteiger partial charge in [-0.15, -0.1) is 10.2 Å². The van der Waals surface area contributed by atoms with Crippen molar-refractivity contribution in [2.45, 2.75) is 0 Å². The van der Waals surface area contributed by atoms with Crippen molar-refractivity contribution in [2.75, 3.05) is 0 Å². The Kier molecular flexibility index (Phi) is 1.79. The van der Waals surface area contributed by atoms with Gasteiger partial charge >= 0.3 is 5.69 Å². The van der Waals surface area contributed by atoms with E-state index in [0.717, 1.165) is 10.8 Å². The van der Waals surface area contributed by atoms with Crippen LogP contribution in [0.2, 0.25) is 0 Å². The molecular weight excluding hydrogens is 206 g/mol. The summed E-state index contributed by atoms with van der Waals surface area (Å²) < 4.78 is 0. The van der Waals surface area contributed by atoms with Crippen molar-refractivity contribution in [3.05, 3.63) is 41.1 Å². The van der Waals surface area contributed by atoms with Gasteiger partial charge in [0.25, 0.3) is 0 Å². The summed E-state index contributed by atoms with van der Waals surface area (Å²) in [6.07, 6.45) is 3.01. The number of nitrogens with zero attached hydrogens (tertiary/aromatic N) is 5. The Morgan fingerprint density at radius 1 is 1.12 bits per heavy atom. The highest BCUT2D eigenvalue weighted by Crippen LogP contribution is 2.18. The fourth-order valence-electron chi connectivity index (χ4n) is 1.56. The summed E-state index contributed by atoms with van der Waals surface area (Å²) in [6, 6.07) is 5.32. The Balaban J connectivity index is 2.63. The summed E-state index contributed by atoms with van der Waals surface area (Å²) in [4.78, 5) is 18.6. The number of rotatable bonds is 0. The van der Waals surface area contributed by atoms with E-state index in [1.807, 2.05) is 0 Å². The molecule has 0 bridgehead atoms. The van der Waals surface area contributed by atoms with E-state index < -0.39 is 5.69 Å². The molecule has 0 N–H and O–H groups in total. The summed E-state index contributed by atoms with van der Waals surface area (Å²) in [5.74, 6) is 0. The summed E-state index contributed by atoms with van der Waals surface area (Å²) in [5, 5.41) is 12.7. The molecule has 0 aliphatic heterocycles. The largest absolute Gasteiger partial charge is 0.367 e. The molecule has 2 heterocycles. The molecule has 0 amide bonds. The van der Waals surface area contributed by atoms with E-state index in [0.29, 0.717) is 11.0 Å². The van der Waals surface area contributed by atoms with Gasteiger partial charge in [0, 0.05) is 17.0 Å². The van der Waals surface area contributed by atoms with E-state index in [1.54, 1.807) is 18.2 Å². The maximum Gasteiger partial charge on any atom is 0.367 e. The Morgan fingerprint density at radius 3 is 3.00 bits per heavy atom. The van der Waals surface area contributed by atoms with Gasteiger partial charge in [0.2, 0.25) is 0 Å². The van der Waals surface area contributed by atoms with E-state index in [2.05, 4.69) is 25.4 Å². The SMILES string of the molecule is O=c1ncc2ccc3nnnccc3c2n1. The third kappa shape index (κ3) is 1.28.